The maximum absolute atomic E-state index is 2.52. The second-order valence-electron chi connectivity index (χ2n) is 6.05. The van der Waals surface area contributed by atoms with Gasteiger partial charge < -0.3 is 0 Å². The summed E-state index contributed by atoms with van der Waals surface area (Å²) in [5, 5.41) is 0. The molecule has 0 aliphatic carbocycles. The van der Waals surface area contributed by atoms with E-state index in [0.29, 0.717) is 7.92 Å². The Kier molecular flexibility index (Phi) is 11.9. The molecule has 0 nitrogen and oxygen atoms in total. The van der Waals surface area contributed by atoms with E-state index in [1.54, 1.807) is 17.5 Å². The zero-order valence-electron chi connectivity index (χ0n) is 13.0. The van der Waals surface area contributed by atoms with E-state index in [4.69, 9.17) is 0 Å². The Labute approximate surface area is 116 Å². The third-order valence-electron chi connectivity index (χ3n) is 3.83. The van der Waals surface area contributed by atoms with E-state index in [9.17, 15) is 0 Å². The number of hydrogen-bond acceptors (Lipinski definition) is 0. The van der Waals surface area contributed by atoms with E-state index < -0.39 is 18.4 Å². The van der Waals surface area contributed by atoms with Crippen LogP contribution in [0.2, 0.25) is 13.3 Å². The summed E-state index contributed by atoms with van der Waals surface area (Å²) < 4.78 is 6.83. The molecule has 17 heavy (non-hydrogen) atoms. The van der Waals surface area contributed by atoms with Gasteiger partial charge in [0.15, 0.2) is 0 Å². The van der Waals surface area contributed by atoms with Gasteiger partial charge in [-0.25, -0.2) is 0 Å². The molecule has 0 bridgehead atoms. The standard InChI is InChI=1S/3C4H9.C3H8P.Sn/c3*1-3-4-2;1-4(2)3;/h3*1,3-4H2,2H3;1H2,2-3H3;. The normalized spacial score (nSPS) is 12.4. The molecule has 0 atom stereocenters. The predicted octanol–water partition coefficient (Wildman–Crippen LogP) is 6.12. The first-order valence-electron chi connectivity index (χ1n) is 7.75. The molecule has 0 aromatic heterocycles. The van der Waals surface area contributed by atoms with Gasteiger partial charge in [0.1, 0.15) is 0 Å². The fraction of sp³-hybridized carbons (Fsp3) is 1.00. The van der Waals surface area contributed by atoms with Crippen molar-refractivity contribution < 1.29 is 0 Å². The monoisotopic (exact) mass is 366 g/mol. The molecule has 0 unspecified atom stereocenters. The second-order valence-corrected chi connectivity index (χ2v) is 24.1. The molecule has 0 aliphatic heterocycles. The van der Waals surface area contributed by atoms with Gasteiger partial charge in [-0.1, -0.05) is 0 Å². The molecule has 0 heterocycles. The van der Waals surface area contributed by atoms with E-state index in [0.717, 1.165) is 0 Å². The Morgan fingerprint density at radius 3 is 1.29 bits per heavy atom. The van der Waals surface area contributed by atoms with Crippen LogP contribution in [0.5, 0.6) is 0 Å². The summed E-state index contributed by atoms with van der Waals surface area (Å²) in [5.41, 5.74) is 0. The fourth-order valence-electron chi connectivity index (χ4n) is 2.94. The molecule has 2 heteroatoms. The Balaban J connectivity index is 4.51. The van der Waals surface area contributed by atoms with Crippen molar-refractivity contribution in [3.63, 3.8) is 0 Å². The predicted molar refractivity (Wildman–Crippen MR) is 88.5 cm³/mol. The first-order valence-corrected chi connectivity index (χ1v) is 18.2. The molecule has 0 saturated heterocycles. The van der Waals surface area contributed by atoms with Gasteiger partial charge in [0.05, 0.1) is 0 Å². The van der Waals surface area contributed by atoms with Gasteiger partial charge in [0.2, 0.25) is 0 Å². The van der Waals surface area contributed by atoms with Crippen LogP contribution in [0, 0.1) is 0 Å². The average molecular weight is 365 g/mol. The van der Waals surface area contributed by atoms with Gasteiger partial charge in [0, 0.05) is 0 Å². The summed E-state index contributed by atoms with van der Waals surface area (Å²) in [6.07, 6.45) is 8.86. The van der Waals surface area contributed by atoms with E-state index in [1.807, 2.05) is 0 Å². The molecule has 0 aliphatic rings. The second kappa shape index (κ2) is 11.1. The number of rotatable bonds is 11. The van der Waals surface area contributed by atoms with Crippen LogP contribution in [0.4, 0.5) is 0 Å². The minimum absolute atomic E-state index is 0.355. The van der Waals surface area contributed by atoms with Crippen LogP contribution >= 0.6 is 7.92 Å². The molecule has 104 valence electrons. The van der Waals surface area contributed by atoms with Gasteiger partial charge in [-0.3, -0.25) is 0 Å². The molecular formula is C15H35PSn. The van der Waals surface area contributed by atoms with E-state index >= 15 is 0 Å². The topological polar surface area (TPSA) is 0 Å². The zero-order chi connectivity index (χ0) is 13.1. The van der Waals surface area contributed by atoms with Crippen molar-refractivity contribution in [3.8, 4) is 0 Å². The Morgan fingerprint density at radius 1 is 0.706 bits per heavy atom. The van der Waals surface area contributed by atoms with E-state index in [-0.39, 0.29) is 0 Å². The van der Waals surface area contributed by atoms with Gasteiger partial charge >= 0.3 is 116 Å². The first kappa shape index (κ1) is 18.2. The van der Waals surface area contributed by atoms with Crippen molar-refractivity contribution in [1.29, 1.82) is 0 Å². The summed E-state index contributed by atoms with van der Waals surface area (Å²) in [7, 11) is 0.355. The van der Waals surface area contributed by atoms with Crippen LogP contribution in [0.3, 0.4) is 0 Å². The number of hydrogen-bond donors (Lipinski definition) is 0. The molecular weight excluding hydrogens is 330 g/mol. The molecule has 0 amide bonds. The number of unbranched alkanes of at least 4 members (excludes halogenated alkanes) is 3. The van der Waals surface area contributed by atoms with Crippen molar-refractivity contribution in [2.75, 3.05) is 17.5 Å². The van der Waals surface area contributed by atoms with Gasteiger partial charge in [0.25, 0.3) is 0 Å². The Hall–Kier alpha value is 1.23. The van der Waals surface area contributed by atoms with Crippen molar-refractivity contribution in [2.45, 2.75) is 72.6 Å². The zero-order valence-corrected chi connectivity index (χ0v) is 16.8. The molecule has 0 saturated carbocycles. The third kappa shape index (κ3) is 8.87. The van der Waals surface area contributed by atoms with Crippen molar-refractivity contribution in [3.05, 3.63) is 0 Å². The van der Waals surface area contributed by atoms with Crippen LogP contribution in [-0.2, 0) is 0 Å². The minimum atomic E-state index is -1.71. The van der Waals surface area contributed by atoms with Crippen LogP contribution in [-0.4, -0.2) is 35.9 Å². The Bertz CT molecular complexity index is 147. The molecule has 0 spiro atoms. The summed E-state index contributed by atoms with van der Waals surface area (Å²) in [6.45, 7) is 12.2. The summed E-state index contributed by atoms with van der Waals surface area (Å²) >= 11 is -1.71. The van der Waals surface area contributed by atoms with Crippen LogP contribution < -0.4 is 0 Å². The molecule has 0 N–H and O–H groups in total. The Morgan fingerprint density at radius 2 is 1.06 bits per heavy atom. The van der Waals surface area contributed by atoms with E-state index in [2.05, 4.69) is 34.1 Å². The SMILES string of the molecule is CCC[CH2][Sn]([CH2]CCC)([CH2]CCC)[CH2]P(C)C. The molecule has 0 radical (unpaired) electrons. The summed E-state index contributed by atoms with van der Waals surface area (Å²) in [5.74, 6) is 0. The average Bonchev–Trinajstić information content (AvgIpc) is 2.30. The fourth-order valence-corrected chi connectivity index (χ4v) is 31.9. The molecule has 0 rings (SSSR count). The van der Waals surface area contributed by atoms with Crippen LogP contribution in [0.15, 0.2) is 0 Å². The summed E-state index contributed by atoms with van der Waals surface area (Å²) in [6, 6.07) is 0. The van der Waals surface area contributed by atoms with Crippen LogP contribution in [0.25, 0.3) is 0 Å². The van der Waals surface area contributed by atoms with E-state index in [1.165, 1.54) is 38.5 Å². The third-order valence-corrected chi connectivity index (χ3v) is 28.4. The van der Waals surface area contributed by atoms with Crippen LogP contribution in [0.1, 0.15) is 59.3 Å². The quantitative estimate of drug-likeness (QED) is 0.306. The molecule has 0 fully saturated rings. The maximum atomic E-state index is 2.52. The van der Waals surface area contributed by atoms with Gasteiger partial charge in [-0.15, -0.1) is 0 Å². The molecule has 0 aromatic carbocycles. The van der Waals surface area contributed by atoms with Gasteiger partial charge in [-0.2, -0.15) is 0 Å². The van der Waals surface area contributed by atoms with Gasteiger partial charge in [-0.05, 0) is 0 Å². The van der Waals surface area contributed by atoms with Crippen molar-refractivity contribution in [2.24, 2.45) is 0 Å². The van der Waals surface area contributed by atoms with Crippen molar-refractivity contribution in [1.82, 2.24) is 0 Å². The first-order chi connectivity index (χ1) is 8.10. The van der Waals surface area contributed by atoms with Crippen molar-refractivity contribution >= 4 is 26.3 Å². The summed E-state index contributed by atoms with van der Waals surface area (Å²) in [4.78, 5) is 0. The molecule has 0 aromatic rings.